The molecule has 35 heavy (non-hydrogen) atoms. The summed E-state index contributed by atoms with van der Waals surface area (Å²) < 4.78 is 7.64. The SMILES string of the molecule is CCOc1ccccc1C1C(C(=O)Nc2ccccc2)=C(C)Nc2nc(-c3ccc(O)cc3)nn21. The topological polar surface area (TPSA) is 101 Å². The molecule has 1 aromatic heterocycles. The maximum atomic E-state index is 13.6. The van der Waals surface area contributed by atoms with E-state index in [1.54, 1.807) is 28.9 Å². The molecular formula is C27H25N5O3. The van der Waals surface area contributed by atoms with Gasteiger partial charge in [0, 0.05) is 22.5 Å². The number of aromatic hydroxyl groups is 1. The van der Waals surface area contributed by atoms with Gasteiger partial charge in [-0.3, -0.25) is 4.79 Å². The summed E-state index contributed by atoms with van der Waals surface area (Å²) in [5, 5.41) is 20.7. The van der Waals surface area contributed by atoms with E-state index in [0.29, 0.717) is 41.1 Å². The smallest absolute Gasteiger partial charge is 0.255 e. The highest BCUT2D eigenvalue weighted by Gasteiger charge is 2.36. The number of nitrogens with one attached hydrogen (secondary N) is 2. The zero-order valence-corrected chi connectivity index (χ0v) is 19.4. The Hall–Kier alpha value is -4.59. The van der Waals surface area contributed by atoms with E-state index in [4.69, 9.17) is 9.84 Å². The van der Waals surface area contributed by atoms with Crippen molar-refractivity contribution < 1.29 is 14.6 Å². The molecule has 0 fully saturated rings. The Morgan fingerprint density at radius 3 is 2.51 bits per heavy atom. The van der Waals surface area contributed by atoms with Crippen LogP contribution in [0.4, 0.5) is 11.6 Å². The highest BCUT2D eigenvalue weighted by Crippen LogP contribution is 2.40. The van der Waals surface area contributed by atoms with Crippen LogP contribution >= 0.6 is 0 Å². The van der Waals surface area contributed by atoms with Crippen molar-refractivity contribution in [1.82, 2.24) is 14.8 Å². The number of ether oxygens (including phenoxy) is 1. The summed E-state index contributed by atoms with van der Waals surface area (Å²) >= 11 is 0. The standard InChI is InChI=1S/C27H25N5O3/c1-3-35-22-12-8-7-11-21(22)24-23(26(34)29-19-9-5-4-6-10-19)17(2)28-27-30-25(31-32(24)27)18-13-15-20(33)16-14-18/h4-16,24,33H,3H2,1-2H3,(H,29,34)(H,28,30,31). The average Bonchev–Trinajstić information content (AvgIpc) is 3.28. The van der Waals surface area contributed by atoms with E-state index in [2.05, 4.69) is 15.6 Å². The second-order valence-corrected chi connectivity index (χ2v) is 8.11. The normalized spacial score (nSPS) is 14.7. The van der Waals surface area contributed by atoms with Gasteiger partial charge < -0.3 is 20.5 Å². The number of phenolic OH excluding ortho intramolecular Hbond substituents is 1. The molecule has 1 aliphatic rings. The number of nitrogens with zero attached hydrogens (tertiary/aromatic N) is 3. The first kappa shape index (κ1) is 22.2. The average molecular weight is 468 g/mol. The second kappa shape index (κ2) is 9.34. The minimum atomic E-state index is -0.573. The first-order chi connectivity index (χ1) is 17.0. The quantitative estimate of drug-likeness (QED) is 0.370. The van der Waals surface area contributed by atoms with Crippen LogP contribution in [0.2, 0.25) is 0 Å². The van der Waals surface area contributed by atoms with Crippen molar-refractivity contribution in [3.05, 3.63) is 95.7 Å². The summed E-state index contributed by atoms with van der Waals surface area (Å²) in [7, 11) is 0. The van der Waals surface area contributed by atoms with Crippen LogP contribution in [0.25, 0.3) is 11.4 Å². The number of para-hydroxylation sites is 2. The molecule has 0 aliphatic carbocycles. The van der Waals surface area contributed by atoms with Crippen molar-refractivity contribution in [1.29, 1.82) is 0 Å². The minimum Gasteiger partial charge on any atom is -0.508 e. The van der Waals surface area contributed by atoms with Gasteiger partial charge in [0.1, 0.15) is 17.5 Å². The van der Waals surface area contributed by atoms with Gasteiger partial charge >= 0.3 is 0 Å². The molecule has 8 heteroatoms. The van der Waals surface area contributed by atoms with E-state index in [9.17, 15) is 9.90 Å². The van der Waals surface area contributed by atoms with E-state index in [1.807, 2.05) is 68.4 Å². The molecule has 1 amide bonds. The van der Waals surface area contributed by atoms with E-state index in [1.165, 1.54) is 0 Å². The van der Waals surface area contributed by atoms with Crippen LogP contribution in [0.5, 0.6) is 11.5 Å². The Morgan fingerprint density at radius 2 is 1.77 bits per heavy atom. The number of anilines is 2. The fraction of sp³-hybridized carbons (Fsp3) is 0.148. The predicted molar refractivity (Wildman–Crippen MR) is 134 cm³/mol. The van der Waals surface area contributed by atoms with Crippen molar-refractivity contribution >= 4 is 17.5 Å². The largest absolute Gasteiger partial charge is 0.508 e. The summed E-state index contributed by atoms with van der Waals surface area (Å²) in [5.41, 5.74) is 3.43. The van der Waals surface area contributed by atoms with Crippen LogP contribution in [0.1, 0.15) is 25.5 Å². The number of allylic oxidation sites excluding steroid dienone is 1. The summed E-state index contributed by atoms with van der Waals surface area (Å²) in [6, 6.07) is 23.1. The van der Waals surface area contributed by atoms with Crippen LogP contribution in [0, 0.1) is 0 Å². The number of rotatable bonds is 6. The minimum absolute atomic E-state index is 0.164. The molecule has 1 atom stereocenters. The summed E-state index contributed by atoms with van der Waals surface area (Å²) in [6.07, 6.45) is 0. The van der Waals surface area contributed by atoms with Gasteiger partial charge in [-0.15, -0.1) is 5.10 Å². The van der Waals surface area contributed by atoms with Crippen LogP contribution < -0.4 is 15.4 Å². The van der Waals surface area contributed by atoms with Crippen LogP contribution in [0.15, 0.2) is 90.1 Å². The van der Waals surface area contributed by atoms with Crippen LogP contribution in [-0.2, 0) is 4.79 Å². The van der Waals surface area contributed by atoms with Gasteiger partial charge in [-0.05, 0) is 56.3 Å². The summed E-state index contributed by atoms with van der Waals surface area (Å²) in [6.45, 7) is 4.26. The lowest BCUT2D eigenvalue weighted by molar-refractivity contribution is -0.113. The van der Waals surface area contributed by atoms with Crippen molar-refractivity contribution in [3.8, 4) is 22.9 Å². The molecular weight excluding hydrogens is 442 g/mol. The molecule has 176 valence electrons. The van der Waals surface area contributed by atoms with Gasteiger partial charge in [-0.1, -0.05) is 36.4 Å². The fourth-order valence-corrected chi connectivity index (χ4v) is 4.18. The number of amides is 1. The number of fused-ring (bicyclic) bond motifs is 1. The molecule has 0 saturated heterocycles. The van der Waals surface area contributed by atoms with Gasteiger partial charge in [-0.2, -0.15) is 4.98 Å². The number of carbonyl (C=O) groups is 1. The molecule has 0 bridgehead atoms. The molecule has 5 rings (SSSR count). The van der Waals surface area contributed by atoms with Crippen molar-refractivity contribution in [2.45, 2.75) is 19.9 Å². The van der Waals surface area contributed by atoms with Gasteiger partial charge in [0.15, 0.2) is 5.82 Å². The monoisotopic (exact) mass is 467 g/mol. The highest BCUT2D eigenvalue weighted by atomic mass is 16.5. The third kappa shape index (κ3) is 4.33. The van der Waals surface area contributed by atoms with Gasteiger partial charge in [-0.25, -0.2) is 4.68 Å². The van der Waals surface area contributed by atoms with Crippen LogP contribution in [-0.4, -0.2) is 32.4 Å². The lowest BCUT2D eigenvalue weighted by Gasteiger charge is -2.29. The number of hydrogen-bond acceptors (Lipinski definition) is 6. The number of carbonyl (C=O) groups excluding carboxylic acids is 1. The zero-order valence-electron chi connectivity index (χ0n) is 19.4. The van der Waals surface area contributed by atoms with Gasteiger partial charge in [0.05, 0.1) is 12.2 Å². The molecule has 3 aromatic carbocycles. The van der Waals surface area contributed by atoms with Gasteiger partial charge in [0.25, 0.3) is 5.91 Å². The van der Waals surface area contributed by atoms with Crippen molar-refractivity contribution in [2.24, 2.45) is 0 Å². The first-order valence-electron chi connectivity index (χ1n) is 11.4. The molecule has 0 saturated carbocycles. The van der Waals surface area contributed by atoms with Crippen LogP contribution in [0.3, 0.4) is 0 Å². The zero-order chi connectivity index (χ0) is 24.4. The molecule has 8 nitrogen and oxygen atoms in total. The van der Waals surface area contributed by atoms with Gasteiger partial charge in [0.2, 0.25) is 5.95 Å². The lowest BCUT2D eigenvalue weighted by atomic mass is 9.94. The van der Waals surface area contributed by atoms with E-state index in [0.717, 1.165) is 11.1 Å². The fourth-order valence-electron chi connectivity index (χ4n) is 4.18. The summed E-state index contributed by atoms with van der Waals surface area (Å²) in [4.78, 5) is 18.3. The Kier molecular flexibility index (Phi) is 5.93. The molecule has 1 aliphatic heterocycles. The number of aromatic nitrogens is 3. The summed E-state index contributed by atoms with van der Waals surface area (Å²) in [5.74, 6) is 1.58. The maximum absolute atomic E-state index is 13.6. The molecule has 1 unspecified atom stereocenters. The van der Waals surface area contributed by atoms with E-state index < -0.39 is 6.04 Å². The lowest BCUT2D eigenvalue weighted by Crippen LogP contribution is -2.31. The third-order valence-corrected chi connectivity index (χ3v) is 5.77. The molecule has 0 radical (unpaired) electrons. The highest BCUT2D eigenvalue weighted by molar-refractivity contribution is 6.06. The van der Waals surface area contributed by atoms with E-state index in [-0.39, 0.29) is 11.7 Å². The Morgan fingerprint density at radius 1 is 1.06 bits per heavy atom. The van der Waals surface area contributed by atoms with Crippen molar-refractivity contribution in [3.63, 3.8) is 0 Å². The van der Waals surface area contributed by atoms with Crippen molar-refractivity contribution in [2.75, 3.05) is 17.2 Å². The maximum Gasteiger partial charge on any atom is 0.255 e. The number of hydrogen-bond donors (Lipinski definition) is 3. The molecule has 2 heterocycles. The molecule has 3 N–H and O–H groups in total. The molecule has 0 spiro atoms. The van der Waals surface area contributed by atoms with E-state index >= 15 is 0 Å². The number of benzene rings is 3. The molecule has 4 aromatic rings. The Balaban J connectivity index is 1.63. The second-order valence-electron chi connectivity index (χ2n) is 8.11. The number of phenols is 1. The Bertz CT molecular complexity index is 1390. The third-order valence-electron chi connectivity index (χ3n) is 5.77. The first-order valence-corrected chi connectivity index (χ1v) is 11.4. The predicted octanol–water partition coefficient (Wildman–Crippen LogP) is 4.98. The Labute approximate surface area is 202 Å².